The molecule has 0 aliphatic carbocycles. The monoisotopic (exact) mass is 277 g/mol. The molecule has 1 aromatic heterocycles. The summed E-state index contributed by atoms with van der Waals surface area (Å²) in [5, 5.41) is 1.96. The number of rotatable bonds is 1. The van der Waals surface area contributed by atoms with Crippen molar-refractivity contribution < 1.29 is 9.72 Å². The number of pyridine rings is 1. The Hall–Kier alpha value is -1.32. The number of hydrogen-bond donors (Lipinski definition) is 0. The molecular weight excluding hydrogens is 260 g/mol. The number of morpholine rings is 1. The number of aromatic nitrogens is 1. The van der Waals surface area contributed by atoms with E-state index in [1.165, 1.54) is 11.1 Å². The Kier molecular flexibility index (Phi) is 3.33. The highest BCUT2D eigenvalue weighted by atomic mass is 35.5. The average molecular weight is 278 g/mol. The van der Waals surface area contributed by atoms with Crippen LogP contribution in [0, 0.1) is 0 Å². The molecule has 100 valence electrons. The summed E-state index contributed by atoms with van der Waals surface area (Å²) in [7, 11) is 0. The van der Waals surface area contributed by atoms with Gasteiger partial charge >= 0.3 is 0 Å². The number of benzene rings is 1. The van der Waals surface area contributed by atoms with E-state index >= 15 is 0 Å². The van der Waals surface area contributed by atoms with Gasteiger partial charge in [-0.25, -0.2) is 4.98 Å². The number of fused-ring (bicyclic) bond motifs is 1. The zero-order valence-corrected chi connectivity index (χ0v) is 11.9. The topological polar surface area (TPSA) is 26.6 Å². The third-order valence-electron chi connectivity index (χ3n) is 3.50. The average Bonchev–Trinajstić information content (AvgIpc) is 2.36. The molecule has 1 fully saturated rings. The van der Waals surface area contributed by atoms with Crippen molar-refractivity contribution in [3.63, 3.8) is 0 Å². The van der Waals surface area contributed by atoms with Crippen LogP contribution >= 0.6 is 11.6 Å². The van der Waals surface area contributed by atoms with Gasteiger partial charge in [0.1, 0.15) is 0 Å². The number of nitrogens with zero attached hydrogens (tertiary/aromatic N) is 1. The van der Waals surface area contributed by atoms with E-state index in [4.69, 9.17) is 16.3 Å². The highest BCUT2D eigenvalue weighted by molar-refractivity contribution is 6.31. The van der Waals surface area contributed by atoms with Crippen molar-refractivity contribution in [1.29, 1.82) is 0 Å². The number of ether oxygens (including phenoxy) is 1. The molecule has 0 bridgehead atoms. The standard InChI is InChI=1S/C15H17ClN2O/c1-10-8-18(9-11(2)19-10)15-5-6-17-14-7-12(16)3-4-13(14)15/h3-7,10-11H,8-9H2,1-2H3/p+1/t10-,11+. The fraction of sp³-hybridized carbons (Fsp3) is 0.400. The van der Waals surface area contributed by atoms with Crippen LogP contribution in [0.2, 0.25) is 5.02 Å². The second-order valence-corrected chi connectivity index (χ2v) is 5.65. The minimum absolute atomic E-state index is 0.260. The molecule has 0 unspecified atom stereocenters. The molecule has 0 amide bonds. The van der Waals surface area contributed by atoms with Crippen LogP contribution in [-0.2, 0) is 4.74 Å². The molecular formula is C15H18ClN2O+. The van der Waals surface area contributed by atoms with E-state index in [9.17, 15) is 0 Å². The van der Waals surface area contributed by atoms with Gasteiger partial charge in [-0.3, -0.25) is 0 Å². The summed E-state index contributed by atoms with van der Waals surface area (Å²) >= 11 is 6.05. The van der Waals surface area contributed by atoms with Gasteiger partial charge in [-0.2, -0.15) is 0 Å². The van der Waals surface area contributed by atoms with Crippen LogP contribution < -0.4 is 9.88 Å². The molecule has 4 heteroatoms. The third kappa shape index (κ3) is 2.53. The first-order valence-electron chi connectivity index (χ1n) is 6.64. The number of nitrogens with one attached hydrogen (secondary N) is 1. The minimum Gasteiger partial charge on any atom is -0.372 e. The second-order valence-electron chi connectivity index (χ2n) is 5.22. The van der Waals surface area contributed by atoms with Crippen molar-refractivity contribution in [1.82, 2.24) is 0 Å². The van der Waals surface area contributed by atoms with Crippen LogP contribution in [0.1, 0.15) is 13.8 Å². The van der Waals surface area contributed by atoms with Crippen molar-refractivity contribution in [3.05, 3.63) is 35.5 Å². The van der Waals surface area contributed by atoms with Gasteiger partial charge in [-0.05, 0) is 26.0 Å². The molecule has 1 aliphatic rings. The van der Waals surface area contributed by atoms with Crippen LogP contribution in [0.5, 0.6) is 0 Å². The fourth-order valence-corrected chi connectivity index (χ4v) is 2.98. The van der Waals surface area contributed by atoms with Crippen LogP contribution in [0.15, 0.2) is 30.5 Å². The Morgan fingerprint density at radius 3 is 2.68 bits per heavy atom. The molecule has 2 heterocycles. The predicted octanol–water partition coefficient (Wildman–Crippen LogP) is 2.92. The van der Waals surface area contributed by atoms with E-state index < -0.39 is 0 Å². The summed E-state index contributed by atoms with van der Waals surface area (Å²) < 4.78 is 5.80. The van der Waals surface area contributed by atoms with E-state index in [-0.39, 0.29) is 12.2 Å². The summed E-state index contributed by atoms with van der Waals surface area (Å²) in [6.07, 6.45) is 2.49. The van der Waals surface area contributed by atoms with E-state index in [1.54, 1.807) is 0 Å². The maximum absolute atomic E-state index is 6.05. The Morgan fingerprint density at radius 1 is 1.21 bits per heavy atom. The molecule has 19 heavy (non-hydrogen) atoms. The lowest BCUT2D eigenvalue weighted by Gasteiger charge is -2.36. The molecule has 0 saturated carbocycles. The van der Waals surface area contributed by atoms with E-state index in [2.05, 4.69) is 35.9 Å². The molecule has 1 aromatic carbocycles. The molecule has 0 radical (unpaired) electrons. The minimum atomic E-state index is 0.260. The first-order chi connectivity index (χ1) is 9.13. The van der Waals surface area contributed by atoms with Crippen molar-refractivity contribution >= 4 is 28.2 Å². The Balaban J connectivity index is 2.04. The smallest absolute Gasteiger partial charge is 0.214 e. The number of halogens is 1. The lowest BCUT2D eigenvalue weighted by Crippen LogP contribution is -2.45. The maximum atomic E-state index is 6.05. The molecule has 1 saturated heterocycles. The van der Waals surface area contributed by atoms with Gasteiger partial charge in [-0.15, -0.1) is 0 Å². The van der Waals surface area contributed by atoms with Gasteiger partial charge in [0, 0.05) is 30.2 Å². The Morgan fingerprint density at radius 2 is 1.95 bits per heavy atom. The first-order valence-corrected chi connectivity index (χ1v) is 7.01. The van der Waals surface area contributed by atoms with E-state index in [1.807, 2.05) is 18.3 Å². The van der Waals surface area contributed by atoms with Crippen LogP contribution in [0.3, 0.4) is 0 Å². The van der Waals surface area contributed by atoms with Gasteiger partial charge in [0.05, 0.1) is 23.3 Å². The lowest BCUT2D eigenvalue weighted by atomic mass is 10.1. The molecule has 2 aromatic rings. The van der Waals surface area contributed by atoms with Crippen LogP contribution in [0.25, 0.3) is 10.9 Å². The quantitative estimate of drug-likeness (QED) is 0.801. The highest BCUT2D eigenvalue weighted by Gasteiger charge is 2.24. The number of aromatic amines is 1. The molecule has 3 rings (SSSR count). The van der Waals surface area contributed by atoms with Crippen molar-refractivity contribution in [2.75, 3.05) is 18.0 Å². The van der Waals surface area contributed by atoms with Gasteiger partial charge in [0.2, 0.25) is 5.52 Å². The zero-order valence-electron chi connectivity index (χ0n) is 11.2. The summed E-state index contributed by atoms with van der Waals surface area (Å²) in [5.41, 5.74) is 2.31. The number of H-pyrrole nitrogens is 1. The molecule has 1 N–H and O–H groups in total. The lowest BCUT2D eigenvalue weighted by molar-refractivity contribution is -0.344. The summed E-state index contributed by atoms with van der Waals surface area (Å²) in [6, 6.07) is 8.11. The third-order valence-corrected chi connectivity index (χ3v) is 3.73. The normalized spacial score (nSPS) is 23.8. The SMILES string of the molecule is C[C@@H]1CN(c2cc[nH+]c3cc(Cl)ccc23)C[C@H](C)O1. The predicted molar refractivity (Wildman–Crippen MR) is 77.7 cm³/mol. The van der Waals surface area contributed by atoms with Gasteiger partial charge < -0.3 is 9.64 Å². The number of anilines is 1. The maximum Gasteiger partial charge on any atom is 0.214 e. The van der Waals surface area contributed by atoms with Crippen molar-refractivity contribution in [2.24, 2.45) is 0 Å². The number of hydrogen-bond acceptors (Lipinski definition) is 2. The van der Waals surface area contributed by atoms with Crippen LogP contribution in [-0.4, -0.2) is 25.3 Å². The summed E-state index contributed by atoms with van der Waals surface area (Å²) in [5.74, 6) is 0. The van der Waals surface area contributed by atoms with Gasteiger partial charge in [-0.1, -0.05) is 11.6 Å². The summed E-state index contributed by atoms with van der Waals surface area (Å²) in [6.45, 7) is 6.09. The van der Waals surface area contributed by atoms with Crippen molar-refractivity contribution in [3.8, 4) is 0 Å². The molecule has 3 nitrogen and oxygen atoms in total. The summed E-state index contributed by atoms with van der Waals surface area (Å²) in [4.78, 5) is 5.64. The van der Waals surface area contributed by atoms with E-state index in [0.29, 0.717) is 0 Å². The first kappa shape index (κ1) is 12.7. The van der Waals surface area contributed by atoms with Crippen LogP contribution in [0.4, 0.5) is 5.69 Å². The Labute approximate surface area is 118 Å². The zero-order chi connectivity index (χ0) is 13.4. The highest BCUT2D eigenvalue weighted by Crippen LogP contribution is 2.28. The fourth-order valence-electron chi connectivity index (χ4n) is 2.81. The van der Waals surface area contributed by atoms with Gasteiger partial charge in [0.15, 0.2) is 6.20 Å². The molecule has 2 atom stereocenters. The van der Waals surface area contributed by atoms with Crippen molar-refractivity contribution in [2.45, 2.75) is 26.1 Å². The second kappa shape index (κ2) is 4.99. The molecule has 0 spiro atoms. The van der Waals surface area contributed by atoms with Gasteiger partial charge in [0.25, 0.3) is 0 Å². The molecule has 1 aliphatic heterocycles. The largest absolute Gasteiger partial charge is 0.372 e. The Bertz CT molecular complexity index is 592. The van der Waals surface area contributed by atoms with E-state index in [0.717, 1.165) is 23.6 Å².